The molecule has 0 N–H and O–H groups in total. The first kappa shape index (κ1) is 12.6. The van der Waals surface area contributed by atoms with Crippen LogP contribution >= 0.6 is 22.6 Å². The molecular weight excluding hydrogens is 347 g/mol. The lowest BCUT2D eigenvalue weighted by Crippen LogP contribution is -2.08. The Hall–Kier alpha value is -1.83. The van der Waals surface area contributed by atoms with Gasteiger partial charge in [-0.15, -0.1) is 0 Å². The van der Waals surface area contributed by atoms with E-state index < -0.39 is 4.92 Å². The summed E-state index contributed by atoms with van der Waals surface area (Å²) in [6.07, 6.45) is 2.94. The number of benzene rings is 1. The summed E-state index contributed by atoms with van der Waals surface area (Å²) in [5, 5.41) is 10.9. The number of halogens is 1. The van der Waals surface area contributed by atoms with Crippen LogP contribution in [0, 0.1) is 13.7 Å². The molecule has 0 aliphatic rings. The lowest BCUT2D eigenvalue weighted by Gasteiger charge is -2.04. The van der Waals surface area contributed by atoms with Gasteiger partial charge < -0.3 is 0 Å². The van der Waals surface area contributed by atoms with E-state index in [1.165, 1.54) is 12.3 Å². The molecule has 0 unspecified atom stereocenters. The number of nitro groups is 1. The van der Waals surface area contributed by atoms with Crippen LogP contribution in [0.4, 0.5) is 5.69 Å². The summed E-state index contributed by atoms with van der Waals surface area (Å²) in [4.78, 5) is 26.5. The van der Waals surface area contributed by atoms with Crippen LogP contribution in [-0.4, -0.2) is 15.7 Å². The largest absolute Gasteiger partial charge is 0.288 e. The van der Waals surface area contributed by atoms with Gasteiger partial charge >= 0.3 is 0 Å². The van der Waals surface area contributed by atoms with E-state index >= 15 is 0 Å². The molecule has 90 valence electrons. The summed E-state index contributed by atoms with van der Waals surface area (Å²) >= 11 is 1.92. The summed E-state index contributed by atoms with van der Waals surface area (Å²) in [6.45, 7) is 0. The summed E-state index contributed by atoms with van der Waals surface area (Å²) in [7, 11) is 0. The minimum absolute atomic E-state index is 0.108. The molecule has 5 nitrogen and oxygen atoms in total. The number of rotatable bonds is 3. The Kier molecular flexibility index (Phi) is 3.66. The first-order valence-corrected chi connectivity index (χ1v) is 6.07. The third-order valence-corrected chi connectivity index (χ3v) is 3.24. The molecular formula is C12H7IN2O3. The number of carbonyl (C=O) groups is 1. The maximum atomic E-state index is 12.2. The molecule has 2 aromatic rings. The van der Waals surface area contributed by atoms with Crippen molar-refractivity contribution < 1.29 is 9.72 Å². The van der Waals surface area contributed by atoms with Crippen LogP contribution in [0.15, 0.2) is 42.7 Å². The van der Waals surface area contributed by atoms with Crippen LogP contribution in [0.25, 0.3) is 0 Å². The molecule has 18 heavy (non-hydrogen) atoms. The molecule has 2 rings (SSSR count). The first-order chi connectivity index (χ1) is 8.61. The fraction of sp³-hybridized carbons (Fsp3) is 0. The quantitative estimate of drug-likeness (QED) is 0.368. The van der Waals surface area contributed by atoms with Crippen molar-refractivity contribution in [2.24, 2.45) is 0 Å². The van der Waals surface area contributed by atoms with Gasteiger partial charge in [0.1, 0.15) is 5.56 Å². The molecule has 0 bridgehead atoms. The van der Waals surface area contributed by atoms with Crippen molar-refractivity contribution in [3.05, 3.63) is 67.5 Å². The van der Waals surface area contributed by atoms with Gasteiger partial charge in [0.05, 0.1) is 4.92 Å². The molecule has 0 atom stereocenters. The normalized spacial score (nSPS) is 10.1. The fourth-order valence-electron chi connectivity index (χ4n) is 1.53. The Morgan fingerprint density at radius 1 is 1.28 bits per heavy atom. The van der Waals surface area contributed by atoms with Gasteiger partial charge in [-0.05, 0) is 40.8 Å². The van der Waals surface area contributed by atoms with Crippen LogP contribution in [0.5, 0.6) is 0 Å². The molecule has 0 saturated heterocycles. The number of nitro benzene ring substituents is 1. The Labute approximate surface area is 116 Å². The number of nitrogens with zero attached hydrogens (tertiary/aromatic N) is 2. The lowest BCUT2D eigenvalue weighted by molar-refractivity contribution is -0.385. The van der Waals surface area contributed by atoms with Gasteiger partial charge in [-0.2, -0.15) is 0 Å². The molecule has 1 aromatic heterocycles. The highest BCUT2D eigenvalue weighted by Gasteiger charge is 2.23. The highest BCUT2D eigenvalue weighted by Crippen LogP contribution is 2.26. The molecule has 0 aliphatic carbocycles. The number of pyridine rings is 1. The van der Waals surface area contributed by atoms with Gasteiger partial charge in [0.25, 0.3) is 5.69 Å². The van der Waals surface area contributed by atoms with E-state index in [2.05, 4.69) is 4.98 Å². The SMILES string of the molecule is O=C(c1cccnc1)c1c(I)cccc1[N+](=O)[O-]. The van der Waals surface area contributed by atoms with Crippen molar-refractivity contribution in [1.82, 2.24) is 4.98 Å². The van der Waals surface area contributed by atoms with E-state index in [1.807, 2.05) is 22.6 Å². The lowest BCUT2D eigenvalue weighted by atomic mass is 10.0. The average Bonchev–Trinajstić information content (AvgIpc) is 2.38. The van der Waals surface area contributed by atoms with Crippen molar-refractivity contribution in [3.8, 4) is 0 Å². The second-order valence-electron chi connectivity index (χ2n) is 3.46. The first-order valence-electron chi connectivity index (χ1n) is 4.99. The maximum absolute atomic E-state index is 12.2. The number of carbonyl (C=O) groups excluding carboxylic acids is 1. The summed E-state index contributed by atoms with van der Waals surface area (Å²) in [5.41, 5.74) is 0.261. The zero-order valence-corrected chi connectivity index (χ0v) is 11.2. The van der Waals surface area contributed by atoms with Crippen molar-refractivity contribution in [1.29, 1.82) is 0 Å². The van der Waals surface area contributed by atoms with Crippen LogP contribution in [0.1, 0.15) is 15.9 Å². The maximum Gasteiger partial charge on any atom is 0.281 e. The second kappa shape index (κ2) is 5.21. The molecule has 1 aromatic carbocycles. The molecule has 0 fully saturated rings. The van der Waals surface area contributed by atoms with E-state index in [1.54, 1.807) is 30.5 Å². The van der Waals surface area contributed by atoms with Crippen molar-refractivity contribution in [2.45, 2.75) is 0 Å². The molecule has 0 spiro atoms. The van der Waals surface area contributed by atoms with Crippen LogP contribution in [0.3, 0.4) is 0 Å². The van der Waals surface area contributed by atoms with Crippen LogP contribution in [-0.2, 0) is 0 Å². The van der Waals surface area contributed by atoms with E-state index in [0.717, 1.165) is 0 Å². The summed E-state index contributed by atoms with van der Waals surface area (Å²) in [6, 6.07) is 7.75. The van der Waals surface area contributed by atoms with Gasteiger partial charge in [0, 0.05) is 27.6 Å². The van der Waals surface area contributed by atoms with E-state index in [9.17, 15) is 14.9 Å². The van der Waals surface area contributed by atoms with E-state index in [0.29, 0.717) is 9.13 Å². The Bertz CT molecular complexity index is 614. The standard InChI is InChI=1S/C12H7IN2O3/c13-9-4-1-5-10(15(17)18)11(9)12(16)8-3-2-6-14-7-8/h1-7H. The summed E-state index contributed by atoms with van der Waals surface area (Å²) in [5.74, 6) is -0.389. The van der Waals surface area contributed by atoms with Gasteiger partial charge in [-0.25, -0.2) is 0 Å². The van der Waals surface area contributed by atoms with Crippen molar-refractivity contribution in [3.63, 3.8) is 0 Å². The third-order valence-electron chi connectivity index (χ3n) is 2.34. The van der Waals surface area contributed by atoms with Crippen LogP contribution in [0.2, 0.25) is 0 Å². The number of ketones is 1. The zero-order valence-electron chi connectivity index (χ0n) is 9.04. The molecule has 0 aliphatic heterocycles. The minimum atomic E-state index is -0.550. The predicted octanol–water partition coefficient (Wildman–Crippen LogP) is 2.83. The van der Waals surface area contributed by atoms with Crippen LogP contribution < -0.4 is 0 Å². The molecule has 0 radical (unpaired) electrons. The predicted molar refractivity (Wildman–Crippen MR) is 73.5 cm³/mol. The monoisotopic (exact) mass is 354 g/mol. The molecule has 0 amide bonds. The Morgan fingerprint density at radius 3 is 2.67 bits per heavy atom. The van der Waals surface area contributed by atoms with Gasteiger partial charge in [0.2, 0.25) is 5.78 Å². The third kappa shape index (κ3) is 2.37. The van der Waals surface area contributed by atoms with Gasteiger partial charge in [-0.3, -0.25) is 19.9 Å². The highest BCUT2D eigenvalue weighted by molar-refractivity contribution is 14.1. The number of aromatic nitrogens is 1. The average molecular weight is 354 g/mol. The highest BCUT2D eigenvalue weighted by atomic mass is 127. The summed E-state index contributed by atoms with van der Waals surface area (Å²) < 4.78 is 0.552. The fourth-order valence-corrected chi connectivity index (χ4v) is 2.26. The van der Waals surface area contributed by atoms with E-state index in [-0.39, 0.29) is 17.0 Å². The van der Waals surface area contributed by atoms with Gasteiger partial charge in [-0.1, -0.05) is 6.07 Å². The molecule has 0 saturated carbocycles. The van der Waals surface area contributed by atoms with Crippen molar-refractivity contribution >= 4 is 34.1 Å². The molecule has 6 heteroatoms. The van der Waals surface area contributed by atoms with Crippen molar-refractivity contribution in [2.75, 3.05) is 0 Å². The van der Waals surface area contributed by atoms with E-state index in [4.69, 9.17) is 0 Å². The second-order valence-corrected chi connectivity index (χ2v) is 4.62. The zero-order chi connectivity index (χ0) is 13.1. The smallest absolute Gasteiger partial charge is 0.281 e. The topological polar surface area (TPSA) is 73.1 Å². The number of hydrogen-bond donors (Lipinski definition) is 0. The minimum Gasteiger partial charge on any atom is -0.288 e. The molecule has 1 heterocycles. The van der Waals surface area contributed by atoms with Gasteiger partial charge in [0.15, 0.2) is 0 Å². The number of hydrogen-bond acceptors (Lipinski definition) is 4. The Balaban J connectivity index is 2.58. The Morgan fingerprint density at radius 2 is 2.06 bits per heavy atom.